The highest BCUT2D eigenvalue weighted by Crippen LogP contribution is 2.14. The zero-order valence-electron chi connectivity index (χ0n) is 17.3. The van der Waals surface area contributed by atoms with Gasteiger partial charge in [0.25, 0.3) is 5.97 Å². The van der Waals surface area contributed by atoms with Crippen LogP contribution in [0.1, 0.15) is 129 Å². The highest BCUT2D eigenvalue weighted by atomic mass is 28.2. The van der Waals surface area contributed by atoms with Crippen molar-refractivity contribution in [3.05, 3.63) is 0 Å². The van der Waals surface area contributed by atoms with Crippen LogP contribution in [0.3, 0.4) is 0 Å². The smallest absolute Gasteiger partial charge is 0.314 e. The lowest BCUT2D eigenvalue weighted by Gasteiger charge is -2.04. The van der Waals surface area contributed by atoms with Crippen molar-refractivity contribution in [3.63, 3.8) is 0 Å². The fourth-order valence-electron chi connectivity index (χ4n) is 3.20. The van der Waals surface area contributed by atoms with E-state index in [0.29, 0.717) is 16.2 Å². The second kappa shape index (κ2) is 21.7. The molecule has 0 fully saturated rings. The summed E-state index contributed by atoms with van der Waals surface area (Å²) in [5.41, 5.74) is 0. The third kappa shape index (κ3) is 21.6. The van der Waals surface area contributed by atoms with Gasteiger partial charge < -0.3 is 4.43 Å². The summed E-state index contributed by atoms with van der Waals surface area (Å²) >= 11 is 0. The summed E-state index contributed by atoms with van der Waals surface area (Å²) in [6.07, 6.45) is 24.0. The van der Waals surface area contributed by atoms with Crippen molar-refractivity contribution in [2.24, 2.45) is 0 Å². The predicted molar refractivity (Wildman–Crippen MR) is 111 cm³/mol. The molecule has 0 aromatic heterocycles. The highest BCUT2D eigenvalue weighted by molar-refractivity contribution is 6.30. The van der Waals surface area contributed by atoms with E-state index in [1.165, 1.54) is 103 Å². The summed E-state index contributed by atoms with van der Waals surface area (Å²) in [6.45, 7) is 4.33. The summed E-state index contributed by atoms with van der Waals surface area (Å²) in [5.74, 6) is 0.00106. The molecule has 3 heteroatoms. The van der Waals surface area contributed by atoms with Crippen molar-refractivity contribution >= 4 is 15.7 Å². The van der Waals surface area contributed by atoms with Gasteiger partial charge in [0.2, 0.25) is 0 Å². The first-order chi connectivity index (χ1) is 12.3. The average molecular weight is 369 g/mol. The van der Waals surface area contributed by atoms with E-state index in [2.05, 4.69) is 6.92 Å². The van der Waals surface area contributed by atoms with Crippen molar-refractivity contribution in [1.29, 1.82) is 0 Å². The Morgan fingerprint density at radius 1 is 0.600 bits per heavy atom. The van der Waals surface area contributed by atoms with Gasteiger partial charge >= 0.3 is 9.76 Å². The van der Waals surface area contributed by atoms with Crippen molar-refractivity contribution in [2.45, 2.75) is 135 Å². The van der Waals surface area contributed by atoms with Gasteiger partial charge in [-0.3, -0.25) is 4.79 Å². The molecule has 148 valence electrons. The maximum atomic E-state index is 11.3. The van der Waals surface area contributed by atoms with Crippen molar-refractivity contribution in [2.75, 3.05) is 0 Å². The molecule has 0 amide bonds. The SMILES string of the molecule is CCCCCCCCCCCCCCCCCCCC(=O)O[Si]CC. The third-order valence-electron chi connectivity index (χ3n) is 4.81. The molecule has 0 atom stereocenters. The minimum atomic E-state index is 0.00106. The minimum absolute atomic E-state index is 0.00106. The van der Waals surface area contributed by atoms with Crippen LogP contribution in [0.5, 0.6) is 0 Å². The molecule has 0 aliphatic carbocycles. The van der Waals surface area contributed by atoms with Gasteiger partial charge in [-0.05, 0) is 12.5 Å². The van der Waals surface area contributed by atoms with Crippen LogP contribution in [0.25, 0.3) is 0 Å². The lowest BCUT2D eigenvalue weighted by atomic mass is 10.0. The molecule has 0 heterocycles. The fourth-order valence-corrected chi connectivity index (χ4v) is 3.61. The molecule has 2 radical (unpaired) electrons. The molecule has 2 nitrogen and oxygen atoms in total. The molecule has 0 aromatic rings. The van der Waals surface area contributed by atoms with E-state index < -0.39 is 0 Å². The van der Waals surface area contributed by atoms with E-state index >= 15 is 0 Å². The van der Waals surface area contributed by atoms with E-state index in [1.807, 2.05) is 6.92 Å². The quantitative estimate of drug-likeness (QED) is 0.163. The molecule has 25 heavy (non-hydrogen) atoms. The van der Waals surface area contributed by atoms with Gasteiger partial charge in [0.1, 0.15) is 0 Å². The first-order valence-corrected chi connectivity index (χ1v) is 12.3. The Hall–Kier alpha value is -0.313. The molecule has 0 aromatic carbocycles. The molecule has 0 aliphatic rings. The maximum absolute atomic E-state index is 11.3. The summed E-state index contributed by atoms with van der Waals surface area (Å²) in [5, 5.41) is 0. The molecule has 0 rings (SSSR count). The zero-order valence-corrected chi connectivity index (χ0v) is 18.3. The van der Waals surface area contributed by atoms with Crippen molar-refractivity contribution in [3.8, 4) is 0 Å². The van der Waals surface area contributed by atoms with Crippen LogP contribution in [0.15, 0.2) is 0 Å². The van der Waals surface area contributed by atoms with E-state index in [-0.39, 0.29) is 5.97 Å². The van der Waals surface area contributed by atoms with Crippen LogP contribution in [-0.4, -0.2) is 15.7 Å². The van der Waals surface area contributed by atoms with Crippen molar-refractivity contribution in [1.82, 2.24) is 0 Å². The summed E-state index contributed by atoms with van der Waals surface area (Å²) < 4.78 is 5.11. The Morgan fingerprint density at radius 2 is 0.960 bits per heavy atom. The van der Waals surface area contributed by atoms with E-state index in [4.69, 9.17) is 4.43 Å². The maximum Gasteiger partial charge on any atom is 0.314 e. The van der Waals surface area contributed by atoms with Gasteiger partial charge in [0, 0.05) is 6.42 Å². The minimum Gasteiger partial charge on any atom is -0.516 e. The number of rotatable bonds is 20. The molecule has 0 saturated carbocycles. The monoisotopic (exact) mass is 368 g/mol. The van der Waals surface area contributed by atoms with Crippen LogP contribution >= 0.6 is 0 Å². The molecule has 0 spiro atoms. The van der Waals surface area contributed by atoms with E-state index in [9.17, 15) is 4.79 Å². The molecular weight excluding hydrogens is 324 g/mol. The Labute approximate surface area is 160 Å². The number of unbranched alkanes of at least 4 members (excludes halogenated alkanes) is 16. The summed E-state index contributed by atoms with van der Waals surface area (Å²) in [4.78, 5) is 11.3. The Balaban J connectivity index is 3.04. The summed E-state index contributed by atoms with van der Waals surface area (Å²) in [7, 11) is 0.356. The summed E-state index contributed by atoms with van der Waals surface area (Å²) in [6, 6.07) is 0.949. The van der Waals surface area contributed by atoms with Gasteiger partial charge in [-0.15, -0.1) is 0 Å². The Bertz CT molecular complexity index is 269. The van der Waals surface area contributed by atoms with Gasteiger partial charge in [0.05, 0.1) is 0 Å². The molecule has 0 N–H and O–H groups in total. The van der Waals surface area contributed by atoms with Crippen LogP contribution < -0.4 is 0 Å². The van der Waals surface area contributed by atoms with E-state index in [0.717, 1.165) is 12.5 Å². The van der Waals surface area contributed by atoms with Crippen LogP contribution in [0.4, 0.5) is 0 Å². The number of hydrogen-bond donors (Lipinski definition) is 0. The first-order valence-electron chi connectivity index (χ1n) is 11.2. The molecule has 0 bridgehead atoms. The number of carbonyl (C=O) groups excluding carboxylic acids is 1. The van der Waals surface area contributed by atoms with Crippen LogP contribution in [0, 0.1) is 0 Å². The van der Waals surface area contributed by atoms with Gasteiger partial charge in [-0.25, -0.2) is 0 Å². The zero-order chi connectivity index (χ0) is 18.4. The standard InChI is InChI=1S/C22H44O2Si/c1-3-5-6-7-8-9-10-11-12-13-14-15-16-17-18-19-20-21-22(23)24-25-4-2/h3-21H2,1-2H3. The Morgan fingerprint density at radius 3 is 1.32 bits per heavy atom. The molecular formula is C22H44O2Si. The number of carbonyl (C=O) groups is 1. The highest BCUT2D eigenvalue weighted by Gasteiger charge is 2.02. The molecule has 0 unspecified atom stereocenters. The van der Waals surface area contributed by atoms with Crippen LogP contribution in [-0.2, 0) is 9.22 Å². The molecule has 0 aliphatic heterocycles. The number of hydrogen-bond acceptors (Lipinski definition) is 2. The van der Waals surface area contributed by atoms with E-state index in [1.54, 1.807) is 0 Å². The normalized spacial score (nSPS) is 11.0. The second-order valence-corrected chi connectivity index (χ2v) is 8.58. The Kier molecular flexibility index (Phi) is 21.5. The van der Waals surface area contributed by atoms with Gasteiger partial charge in [0.15, 0.2) is 0 Å². The predicted octanol–water partition coefficient (Wildman–Crippen LogP) is 7.63. The van der Waals surface area contributed by atoms with Gasteiger partial charge in [-0.2, -0.15) is 0 Å². The van der Waals surface area contributed by atoms with Gasteiger partial charge in [-0.1, -0.05) is 117 Å². The average Bonchev–Trinajstić information content (AvgIpc) is 2.62. The lowest BCUT2D eigenvalue weighted by molar-refractivity contribution is -0.134. The molecule has 0 saturated heterocycles. The lowest BCUT2D eigenvalue weighted by Crippen LogP contribution is -2.07. The fraction of sp³-hybridized carbons (Fsp3) is 0.955. The first kappa shape index (κ1) is 24.7. The third-order valence-corrected chi connectivity index (χ3v) is 5.48. The van der Waals surface area contributed by atoms with Crippen LogP contribution in [0.2, 0.25) is 6.04 Å². The second-order valence-electron chi connectivity index (χ2n) is 7.38. The largest absolute Gasteiger partial charge is 0.516 e. The topological polar surface area (TPSA) is 26.3 Å². The van der Waals surface area contributed by atoms with Crippen molar-refractivity contribution < 1.29 is 9.22 Å².